The molecule has 0 amide bonds. The molecule has 0 unspecified atom stereocenters. The highest BCUT2D eigenvalue weighted by Gasteiger charge is 2.44. The molecular weight excluding hydrogens is 308 g/mol. The Balaban J connectivity index is 3.00. The van der Waals surface area contributed by atoms with Crippen molar-refractivity contribution < 1.29 is 31.5 Å². The van der Waals surface area contributed by atoms with Gasteiger partial charge in [-0.15, -0.1) is 0 Å². The molecule has 21 heavy (non-hydrogen) atoms. The standard InChI is InChI=1S/C12H21F2NO5S/c1-3-5-10(11(16)20-4-2)21(17,18)15-6-7-19-9-12(13,14)8-15/h10H,3-9H2,1-2H3/t10-/m0/s1. The summed E-state index contributed by atoms with van der Waals surface area (Å²) in [5, 5.41) is -1.45. The molecule has 1 heterocycles. The van der Waals surface area contributed by atoms with Gasteiger partial charge in [-0.05, 0) is 13.3 Å². The van der Waals surface area contributed by atoms with Crippen molar-refractivity contribution in [2.24, 2.45) is 0 Å². The van der Waals surface area contributed by atoms with E-state index in [1.54, 1.807) is 13.8 Å². The summed E-state index contributed by atoms with van der Waals surface area (Å²) in [4.78, 5) is 11.8. The molecule has 0 radical (unpaired) electrons. The van der Waals surface area contributed by atoms with Gasteiger partial charge in [0.1, 0.15) is 6.61 Å². The molecule has 0 aromatic rings. The number of carbonyl (C=O) groups excluding carboxylic acids is 1. The van der Waals surface area contributed by atoms with E-state index in [2.05, 4.69) is 0 Å². The average molecular weight is 329 g/mol. The zero-order valence-corrected chi connectivity index (χ0v) is 13.0. The molecular formula is C12H21F2NO5S. The quantitative estimate of drug-likeness (QED) is 0.680. The smallest absolute Gasteiger partial charge is 0.325 e. The van der Waals surface area contributed by atoms with Crippen molar-refractivity contribution in [2.75, 3.05) is 32.9 Å². The molecule has 124 valence electrons. The van der Waals surface area contributed by atoms with Crippen molar-refractivity contribution in [3.05, 3.63) is 0 Å². The molecule has 0 spiro atoms. The molecule has 0 aromatic carbocycles. The van der Waals surface area contributed by atoms with Gasteiger partial charge in [0, 0.05) is 6.54 Å². The summed E-state index contributed by atoms with van der Waals surface area (Å²) in [6, 6.07) is 0. The van der Waals surface area contributed by atoms with Crippen LogP contribution in [0.25, 0.3) is 0 Å². The fourth-order valence-electron chi connectivity index (χ4n) is 2.05. The minimum absolute atomic E-state index is 0.0318. The third kappa shape index (κ3) is 4.86. The van der Waals surface area contributed by atoms with E-state index in [4.69, 9.17) is 9.47 Å². The Labute approximate surface area is 123 Å². The molecule has 0 N–H and O–H groups in total. The van der Waals surface area contributed by atoms with Gasteiger partial charge in [-0.2, -0.15) is 4.31 Å². The highest BCUT2D eigenvalue weighted by Crippen LogP contribution is 2.24. The molecule has 1 saturated heterocycles. The third-order valence-electron chi connectivity index (χ3n) is 3.03. The van der Waals surface area contributed by atoms with Gasteiger partial charge in [0.2, 0.25) is 10.0 Å². The van der Waals surface area contributed by atoms with Crippen LogP contribution in [0, 0.1) is 0 Å². The van der Waals surface area contributed by atoms with Crippen molar-refractivity contribution >= 4 is 16.0 Å². The van der Waals surface area contributed by atoms with Crippen molar-refractivity contribution in [2.45, 2.75) is 37.9 Å². The first-order chi connectivity index (χ1) is 9.74. The number of esters is 1. The zero-order chi connectivity index (χ0) is 16.1. The zero-order valence-electron chi connectivity index (χ0n) is 12.2. The van der Waals surface area contributed by atoms with Crippen molar-refractivity contribution in [3.63, 3.8) is 0 Å². The van der Waals surface area contributed by atoms with Gasteiger partial charge in [0.25, 0.3) is 5.92 Å². The summed E-state index contributed by atoms with van der Waals surface area (Å²) in [5.74, 6) is -4.16. The van der Waals surface area contributed by atoms with Crippen LogP contribution in [0.4, 0.5) is 8.78 Å². The SMILES string of the molecule is CCC[C@@H](C(=O)OCC)S(=O)(=O)N1CCOCC(F)(F)C1. The predicted octanol–water partition coefficient (Wildman–Crippen LogP) is 1.02. The first-order valence-corrected chi connectivity index (χ1v) is 8.36. The molecule has 1 fully saturated rings. The first-order valence-electron chi connectivity index (χ1n) is 6.85. The summed E-state index contributed by atoms with van der Waals surface area (Å²) < 4.78 is 62.0. The van der Waals surface area contributed by atoms with Crippen LogP contribution in [0.3, 0.4) is 0 Å². The molecule has 1 rings (SSSR count). The molecule has 1 atom stereocenters. The summed E-state index contributed by atoms with van der Waals surface area (Å²) in [7, 11) is -4.20. The Morgan fingerprint density at radius 2 is 2.10 bits per heavy atom. The second kappa shape index (κ2) is 7.46. The number of ether oxygens (including phenoxy) is 2. The second-order valence-electron chi connectivity index (χ2n) is 4.82. The van der Waals surface area contributed by atoms with Gasteiger partial charge in [0.05, 0.1) is 19.8 Å². The number of alkyl halides is 2. The van der Waals surface area contributed by atoms with E-state index < -0.39 is 40.3 Å². The van der Waals surface area contributed by atoms with Crippen LogP contribution in [0.2, 0.25) is 0 Å². The molecule has 0 aliphatic carbocycles. The van der Waals surface area contributed by atoms with Crippen molar-refractivity contribution in [3.8, 4) is 0 Å². The lowest BCUT2D eigenvalue weighted by atomic mass is 10.2. The van der Waals surface area contributed by atoms with Gasteiger partial charge in [0.15, 0.2) is 5.25 Å². The van der Waals surface area contributed by atoms with Gasteiger partial charge in [-0.1, -0.05) is 13.3 Å². The van der Waals surface area contributed by atoms with E-state index in [1.165, 1.54) is 0 Å². The van der Waals surface area contributed by atoms with Crippen LogP contribution in [0.1, 0.15) is 26.7 Å². The highest BCUT2D eigenvalue weighted by atomic mass is 32.2. The van der Waals surface area contributed by atoms with Crippen molar-refractivity contribution in [1.82, 2.24) is 4.31 Å². The number of carbonyl (C=O) groups is 1. The molecule has 0 bridgehead atoms. The van der Waals surface area contributed by atoms with Gasteiger partial charge >= 0.3 is 5.97 Å². The summed E-state index contributed by atoms with van der Waals surface area (Å²) in [6.07, 6.45) is 0.452. The Kier molecular flexibility index (Phi) is 6.48. The number of hydrogen-bond acceptors (Lipinski definition) is 5. The Morgan fingerprint density at radius 1 is 1.43 bits per heavy atom. The van der Waals surface area contributed by atoms with Crippen LogP contribution >= 0.6 is 0 Å². The summed E-state index contributed by atoms with van der Waals surface area (Å²) in [6.45, 7) is 1.18. The fraction of sp³-hybridized carbons (Fsp3) is 0.917. The number of nitrogens with zero attached hydrogens (tertiary/aromatic N) is 1. The molecule has 6 nitrogen and oxygen atoms in total. The minimum Gasteiger partial charge on any atom is -0.465 e. The van der Waals surface area contributed by atoms with Gasteiger partial charge in [-0.3, -0.25) is 4.79 Å². The Morgan fingerprint density at radius 3 is 2.67 bits per heavy atom. The molecule has 1 aliphatic heterocycles. The van der Waals surface area contributed by atoms with Gasteiger partial charge in [-0.25, -0.2) is 17.2 Å². The van der Waals surface area contributed by atoms with Crippen LogP contribution in [0.15, 0.2) is 0 Å². The maximum atomic E-state index is 13.5. The molecule has 9 heteroatoms. The minimum atomic E-state index is -4.20. The number of hydrogen-bond donors (Lipinski definition) is 0. The molecule has 1 aliphatic rings. The van der Waals surface area contributed by atoms with E-state index in [1.807, 2.05) is 0 Å². The summed E-state index contributed by atoms with van der Waals surface area (Å²) in [5.41, 5.74) is 0. The Bertz CT molecular complexity index is 455. The second-order valence-corrected chi connectivity index (χ2v) is 6.93. The monoisotopic (exact) mass is 329 g/mol. The van der Waals surface area contributed by atoms with E-state index in [0.717, 1.165) is 0 Å². The fourth-order valence-corrected chi connectivity index (χ4v) is 3.96. The largest absolute Gasteiger partial charge is 0.465 e. The maximum absolute atomic E-state index is 13.5. The third-order valence-corrected chi connectivity index (χ3v) is 5.20. The lowest BCUT2D eigenvalue weighted by Crippen LogP contribution is -2.48. The summed E-state index contributed by atoms with van der Waals surface area (Å²) >= 11 is 0. The van der Waals surface area contributed by atoms with Crippen LogP contribution in [-0.2, 0) is 24.3 Å². The topological polar surface area (TPSA) is 72.9 Å². The van der Waals surface area contributed by atoms with Crippen LogP contribution in [0.5, 0.6) is 0 Å². The number of halogens is 2. The lowest BCUT2D eigenvalue weighted by Gasteiger charge is -2.26. The number of rotatable bonds is 6. The normalized spacial score (nSPS) is 21.5. The highest BCUT2D eigenvalue weighted by molar-refractivity contribution is 7.90. The van der Waals surface area contributed by atoms with Gasteiger partial charge < -0.3 is 9.47 Å². The van der Waals surface area contributed by atoms with E-state index in [0.29, 0.717) is 10.7 Å². The predicted molar refractivity (Wildman–Crippen MR) is 71.6 cm³/mol. The van der Waals surface area contributed by atoms with E-state index in [9.17, 15) is 22.0 Å². The Hall–Kier alpha value is -0.800. The molecule has 0 aromatic heterocycles. The van der Waals surface area contributed by atoms with Crippen LogP contribution < -0.4 is 0 Å². The van der Waals surface area contributed by atoms with Crippen molar-refractivity contribution in [1.29, 1.82) is 0 Å². The van der Waals surface area contributed by atoms with E-state index in [-0.39, 0.29) is 26.2 Å². The number of sulfonamides is 1. The maximum Gasteiger partial charge on any atom is 0.325 e. The first kappa shape index (κ1) is 18.2. The van der Waals surface area contributed by atoms with E-state index >= 15 is 0 Å². The lowest BCUT2D eigenvalue weighted by molar-refractivity contribution is -0.142. The molecule has 0 saturated carbocycles. The average Bonchev–Trinajstić information content (AvgIpc) is 2.57. The van der Waals surface area contributed by atoms with Crippen LogP contribution in [-0.4, -0.2) is 62.8 Å².